The number of hydrogen-bond donors (Lipinski definition) is 2. The van der Waals surface area contributed by atoms with E-state index in [2.05, 4.69) is 5.32 Å². The van der Waals surface area contributed by atoms with Gasteiger partial charge in [0.25, 0.3) is 0 Å². The fourth-order valence-corrected chi connectivity index (χ4v) is 2.81. The van der Waals surface area contributed by atoms with Crippen molar-refractivity contribution in [3.8, 4) is 0 Å². The summed E-state index contributed by atoms with van der Waals surface area (Å²) in [5.41, 5.74) is 0. The molecule has 0 aromatic rings. The van der Waals surface area contributed by atoms with E-state index >= 15 is 0 Å². The van der Waals surface area contributed by atoms with Gasteiger partial charge in [0, 0.05) is 27.1 Å². The summed E-state index contributed by atoms with van der Waals surface area (Å²) in [6.07, 6.45) is 2.35. The summed E-state index contributed by atoms with van der Waals surface area (Å²) in [5.74, 6) is -1.91. The van der Waals surface area contributed by atoms with E-state index < -0.39 is 17.8 Å². The number of hydrogen-bond acceptors (Lipinski definition) is 3. The molecule has 1 fully saturated rings. The molecule has 3 atom stereocenters. The van der Waals surface area contributed by atoms with Crippen LogP contribution in [0.25, 0.3) is 0 Å². The molecule has 6 nitrogen and oxygen atoms in total. The quantitative estimate of drug-likeness (QED) is 0.752. The Hall–Kier alpha value is -1.59. The topological polar surface area (TPSA) is 86.7 Å². The van der Waals surface area contributed by atoms with E-state index in [1.54, 1.807) is 14.1 Å². The predicted molar refractivity (Wildman–Crippen MR) is 74.0 cm³/mol. The molecule has 0 aromatic heterocycles. The van der Waals surface area contributed by atoms with Crippen LogP contribution in [0.15, 0.2) is 0 Å². The van der Waals surface area contributed by atoms with Gasteiger partial charge in [-0.25, -0.2) is 0 Å². The highest BCUT2D eigenvalue weighted by Crippen LogP contribution is 2.39. The molecule has 20 heavy (non-hydrogen) atoms. The van der Waals surface area contributed by atoms with Crippen LogP contribution in [0.3, 0.4) is 0 Å². The minimum Gasteiger partial charge on any atom is -0.481 e. The molecule has 0 aliphatic heterocycles. The second-order valence-corrected chi connectivity index (χ2v) is 5.48. The van der Waals surface area contributed by atoms with Crippen molar-refractivity contribution < 1.29 is 19.5 Å². The molecular formula is C14H24N2O4. The van der Waals surface area contributed by atoms with Crippen molar-refractivity contribution in [1.82, 2.24) is 10.2 Å². The monoisotopic (exact) mass is 284 g/mol. The van der Waals surface area contributed by atoms with E-state index in [-0.39, 0.29) is 18.2 Å². The average Bonchev–Trinajstić information content (AvgIpc) is 2.87. The maximum Gasteiger partial charge on any atom is 0.307 e. The lowest BCUT2D eigenvalue weighted by Crippen LogP contribution is -2.38. The summed E-state index contributed by atoms with van der Waals surface area (Å²) in [4.78, 5) is 36.3. The summed E-state index contributed by atoms with van der Waals surface area (Å²) in [7, 11) is 3.18. The molecule has 1 rings (SSSR count). The van der Waals surface area contributed by atoms with Gasteiger partial charge < -0.3 is 15.3 Å². The van der Waals surface area contributed by atoms with Gasteiger partial charge in [0.1, 0.15) is 0 Å². The van der Waals surface area contributed by atoms with E-state index in [4.69, 9.17) is 0 Å². The molecule has 2 amide bonds. The lowest BCUT2D eigenvalue weighted by atomic mass is 9.95. The average molecular weight is 284 g/mol. The van der Waals surface area contributed by atoms with Gasteiger partial charge in [0.2, 0.25) is 11.8 Å². The summed E-state index contributed by atoms with van der Waals surface area (Å²) in [6.45, 7) is 2.34. The van der Waals surface area contributed by atoms with Crippen LogP contribution in [0.2, 0.25) is 0 Å². The number of aliphatic carboxylic acids is 1. The minimum atomic E-state index is -0.890. The van der Waals surface area contributed by atoms with Crippen LogP contribution in [-0.2, 0) is 14.4 Å². The fourth-order valence-electron chi connectivity index (χ4n) is 2.81. The van der Waals surface area contributed by atoms with Crippen LogP contribution in [0.1, 0.15) is 32.6 Å². The molecule has 1 saturated carbocycles. The molecule has 0 spiro atoms. The van der Waals surface area contributed by atoms with Crippen molar-refractivity contribution >= 4 is 17.8 Å². The van der Waals surface area contributed by atoms with Gasteiger partial charge in [0.05, 0.1) is 11.8 Å². The minimum absolute atomic E-state index is 0.128. The summed E-state index contributed by atoms with van der Waals surface area (Å²) < 4.78 is 0. The highest BCUT2D eigenvalue weighted by atomic mass is 16.4. The maximum absolute atomic E-state index is 12.4. The molecule has 6 heteroatoms. The van der Waals surface area contributed by atoms with Crippen molar-refractivity contribution in [2.24, 2.45) is 17.8 Å². The van der Waals surface area contributed by atoms with Gasteiger partial charge in [-0.15, -0.1) is 0 Å². The number of carbonyl (C=O) groups is 3. The number of rotatable bonds is 6. The first-order valence-corrected chi connectivity index (χ1v) is 7.09. The van der Waals surface area contributed by atoms with Gasteiger partial charge in [-0.1, -0.05) is 13.3 Å². The van der Waals surface area contributed by atoms with Crippen molar-refractivity contribution in [3.63, 3.8) is 0 Å². The second-order valence-electron chi connectivity index (χ2n) is 5.48. The molecular weight excluding hydrogens is 260 g/mol. The van der Waals surface area contributed by atoms with Gasteiger partial charge >= 0.3 is 5.97 Å². The number of amides is 2. The lowest BCUT2D eigenvalue weighted by molar-refractivity contribution is -0.148. The zero-order valence-corrected chi connectivity index (χ0v) is 12.4. The van der Waals surface area contributed by atoms with E-state index in [1.165, 1.54) is 4.90 Å². The Kier molecular flexibility index (Phi) is 5.98. The zero-order valence-electron chi connectivity index (χ0n) is 12.4. The van der Waals surface area contributed by atoms with E-state index in [0.717, 1.165) is 6.42 Å². The van der Waals surface area contributed by atoms with Crippen LogP contribution in [0.4, 0.5) is 0 Å². The largest absolute Gasteiger partial charge is 0.481 e. The van der Waals surface area contributed by atoms with Crippen molar-refractivity contribution in [3.05, 3.63) is 0 Å². The predicted octanol–water partition coefficient (Wildman–Crippen LogP) is 0.718. The van der Waals surface area contributed by atoms with Gasteiger partial charge in [0.15, 0.2) is 0 Å². The Bertz CT molecular complexity index is 383. The third-order valence-corrected chi connectivity index (χ3v) is 4.20. The number of nitrogens with zero attached hydrogens (tertiary/aromatic N) is 1. The fraction of sp³-hybridized carbons (Fsp3) is 0.786. The number of carbonyl (C=O) groups excluding carboxylic acids is 2. The number of carboxylic acids is 1. The normalized spacial score (nSPS) is 25.2. The van der Waals surface area contributed by atoms with Crippen molar-refractivity contribution in [2.75, 3.05) is 20.6 Å². The van der Waals surface area contributed by atoms with E-state index in [1.807, 2.05) is 6.92 Å². The Morgan fingerprint density at radius 2 is 1.85 bits per heavy atom. The molecule has 1 unspecified atom stereocenters. The third-order valence-electron chi connectivity index (χ3n) is 4.20. The van der Waals surface area contributed by atoms with Crippen LogP contribution in [0, 0.1) is 17.8 Å². The first-order valence-electron chi connectivity index (χ1n) is 7.09. The first kappa shape index (κ1) is 16.5. The summed E-state index contributed by atoms with van der Waals surface area (Å²) in [5, 5.41) is 11.7. The Balaban J connectivity index is 2.64. The number of nitrogens with one attached hydrogen (secondary N) is 1. The standard InChI is InChI=1S/C14H24N2O4/c1-4-9-7-10(11(8-9)14(19)20)13(18)16(3)6-5-12(17)15-2/h9-11H,4-8H2,1-3H3,(H,15,17)(H,19,20)/t9?,10-,11+/m0/s1. The van der Waals surface area contributed by atoms with Gasteiger partial charge in [-0.05, 0) is 18.8 Å². The molecule has 1 aliphatic rings. The SMILES string of the molecule is CCC1C[C@H](C(=O)N(C)CCC(=O)NC)[C@H](C(=O)O)C1. The second kappa shape index (κ2) is 7.26. The highest BCUT2D eigenvalue weighted by Gasteiger charge is 2.43. The molecule has 0 bridgehead atoms. The molecule has 0 saturated heterocycles. The van der Waals surface area contributed by atoms with E-state index in [9.17, 15) is 19.5 Å². The van der Waals surface area contributed by atoms with E-state index in [0.29, 0.717) is 25.3 Å². The zero-order chi connectivity index (χ0) is 15.3. The Morgan fingerprint density at radius 1 is 1.25 bits per heavy atom. The Labute approximate surface area is 119 Å². The maximum atomic E-state index is 12.4. The van der Waals surface area contributed by atoms with Crippen molar-refractivity contribution in [1.29, 1.82) is 0 Å². The van der Waals surface area contributed by atoms with Crippen molar-refractivity contribution in [2.45, 2.75) is 32.6 Å². The third kappa shape index (κ3) is 3.95. The molecule has 0 heterocycles. The molecule has 114 valence electrons. The Morgan fingerprint density at radius 3 is 2.35 bits per heavy atom. The molecule has 2 N–H and O–H groups in total. The molecule has 0 radical (unpaired) electrons. The van der Waals surface area contributed by atoms with Crippen LogP contribution in [-0.4, -0.2) is 48.4 Å². The van der Waals surface area contributed by atoms with Gasteiger partial charge in [-0.3, -0.25) is 14.4 Å². The van der Waals surface area contributed by atoms with Crippen LogP contribution >= 0.6 is 0 Å². The summed E-state index contributed by atoms with van der Waals surface area (Å²) in [6, 6.07) is 0. The first-order chi connectivity index (χ1) is 9.40. The number of carboxylic acid groups (broad SMARTS) is 1. The molecule has 1 aliphatic carbocycles. The smallest absolute Gasteiger partial charge is 0.307 e. The van der Waals surface area contributed by atoms with Gasteiger partial charge in [-0.2, -0.15) is 0 Å². The lowest BCUT2D eigenvalue weighted by Gasteiger charge is -2.23. The summed E-state index contributed by atoms with van der Waals surface area (Å²) >= 11 is 0. The van der Waals surface area contributed by atoms with Crippen LogP contribution in [0.5, 0.6) is 0 Å². The molecule has 0 aromatic carbocycles. The highest BCUT2D eigenvalue weighted by molar-refractivity contribution is 5.85. The van der Waals surface area contributed by atoms with Crippen LogP contribution < -0.4 is 5.32 Å².